The van der Waals surface area contributed by atoms with Gasteiger partial charge >= 0.3 is 6.03 Å². The zero-order valence-corrected chi connectivity index (χ0v) is 10.4. The number of carbonyl (C=O) groups excluding carboxylic acids is 2. The van der Waals surface area contributed by atoms with Crippen LogP contribution in [0.4, 0.5) is 4.79 Å². The summed E-state index contributed by atoms with van der Waals surface area (Å²) in [6.45, 7) is 3.60. The Balaban J connectivity index is 2.14. The third kappa shape index (κ3) is 2.22. The fourth-order valence-corrected chi connectivity index (χ4v) is 1.89. The van der Waals surface area contributed by atoms with Gasteiger partial charge < -0.3 is 10.4 Å². The quantitative estimate of drug-likeness (QED) is 0.784. The van der Waals surface area contributed by atoms with Crippen LogP contribution < -0.4 is 5.32 Å². The largest absolute Gasteiger partial charge is 0.392 e. The highest BCUT2D eigenvalue weighted by atomic mass is 16.3. The second-order valence-electron chi connectivity index (χ2n) is 4.92. The Kier molecular flexibility index (Phi) is 3.09. The molecule has 1 fully saturated rings. The number of urea groups is 1. The van der Waals surface area contributed by atoms with Crippen LogP contribution in [0, 0.1) is 0 Å². The summed E-state index contributed by atoms with van der Waals surface area (Å²) in [5.74, 6) is -0.223. The minimum Gasteiger partial charge on any atom is -0.392 e. The number of nitrogens with one attached hydrogen (secondary N) is 1. The highest BCUT2D eigenvalue weighted by molar-refractivity contribution is 6.06. The van der Waals surface area contributed by atoms with Gasteiger partial charge in [-0.25, -0.2) is 4.79 Å². The van der Waals surface area contributed by atoms with Gasteiger partial charge in [-0.2, -0.15) is 0 Å². The molecule has 0 saturated carbocycles. The van der Waals surface area contributed by atoms with Gasteiger partial charge in [-0.15, -0.1) is 0 Å². The molecule has 1 aliphatic heterocycles. The van der Waals surface area contributed by atoms with Gasteiger partial charge in [0.1, 0.15) is 5.54 Å². The van der Waals surface area contributed by atoms with E-state index < -0.39 is 5.54 Å². The van der Waals surface area contributed by atoms with E-state index in [1.165, 1.54) is 4.90 Å². The van der Waals surface area contributed by atoms with Gasteiger partial charge in [0.25, 0.3) is 5.91 Å². The maximum atomic E-state index is 12.0. The van der Waals surface area contributed by atoms with Crippen LogP contribution in [-0.2, 0) is 17.9 Å². The fourth-order valence-electron chi connectivity index (χ4n) is 1.89. The molecule has 1 saturated heterocycles. The van der Waals surface area contributed by atoms with Gasteiger partial charge in [0.05, 0.1) is 13.2 Å². The SMILES string of the molecule is CC1(C)NC(=O)N(Cc2ccc(CO)cc2)C1=O. The molecule has 3 amide bonds. The highest BCUT2D eigenvalue weighted by Gasteiger charge is 2.43. The first-order chi connectivity index (χ1) is 8.44. The van der Waals surface area contributed by atoms with Gasteiger partial charge in [-0.05, 0) is 25.0 Å². The monoisotopic (exact) mass is 248 g/mol. The van der Waals surface area contributed by atoms with E-state index in [1.54, 1.807) is 38.1 Å². The van der Waals surface area contributed by atoms with Crippen molar-refractivity contribution in [3.8, 4) is 0 Å². The minimum atomic E-state index is -0.831. The number of amides is 3. The standard InChI is InChI=1S/C13H16N2O3/c1-13(2)11(17)15(12(18)14-13)7-9-3-5-10(8-16)6-4-9/h3-6,16H,7-8H2,1-2H3,(H,14,18). The first-order valence-corrected chi connectivity index (χ1v) is 5.77. The maximum Gasteiger partial charge on any atom is 0.325 e. The summed E-state index contributed by atoms with van der Waals surface area (Å²) in [4.78, 5) is 24.9. The van der Waals surface area contributed by atoms with Crippen molar-refractivity contribution in [1.29, 1.82) is 0 Å². The zero-order valence-electron chi connectivity index (χ0n) is 10.4. The average Bonchev–Trinajstić information content (AvgIpc) is 2.52. The van der Waals surface area contributed by atoms with E-state index in [1.807, 2.05) is 0 Å². The molecule has 1 heterocycles. The van der Waals surface area contributed by atoms with Crippen molar-refractivity contribution in [1.82, 2.24) is 10.2 Å². The van der Waals surface area contributed by atoms with Gasteiger partial charge in [0.2, 0.25) is 0 Å². The number of imide groups is 1. The van der Waals surface area contributed by atoms with Crippen molar-refractivity contribution < 1.29 is 14.7 Å². The number of rotatable bonds is 3. The van der Waals surface area contributed by atoms with Crippen molar-refractivity contribution in [2.45, 2.75) is 32.5 Å². The third-order valence-corrected chi connectivity index (χ3v) is 2.99. The molecule has 96 valence electrons. The van der Waals surface area contributed by atoms with E-state index in [0.717, 1.165) is 11.1 Å². The fraction of sp³-hybridized carbons (Fsp3) is 0.385. The van der Waals surface area contributed by atoms with E-state index >= 15 is 0 Å². The van der Waals surface area contributed by atoms with E-state index in [2.05, 4.69) is 5.32 Å². The van der Waals surface area contributed by atoms with E-state index in [9.17, 15) is 9.59 Å². The lowest BCUT2D eigenvalue weighted by molar-refractivity contribution is -0.130. The van der Waals surface area contributed by atoms with Crippen LogP contribution in [0.2, 0.25) is 0 Å². The van der Waals surface area contributed by atoms with Crippen molar-refractivity contribution in [2.75, 3.05) is 0 Å². The van der Waals surface area contributed by atoms with E-state index in [0.29, 0.717) is 0 Å². The molecular weight excluding hydrogens is 232 g/mol. The van der Waals surface area contributed by atoms with Crippen LogP contribution in [0.3, 0.4) is 0 Å². The molecule has 1 aromatic rings. The summed E-state index contributed by atoms with van der Waals surface area (Å²) in [6.07, 6.45) is 0. The Labute approximate surface area is 105 Å². The molecule has 0 aliphatic carbocycles. The smallest absolute Gasteiger partial charge is 0.325 e. The van der Waals surface area contributed by atoms with Crippen molar-refractivity contribution in [3.05, 3.63) is 35.4 Å². The lowest BCUT2D eigenvalue weighted by Crippen LogP contribution is -2.40. The van der Waals surface area contributed by atoms with E-state index in [-0.39, 0.29) is 25.1 Å². The molecule has 1 aliphatic rings. The third-order valence-electron chi connectivity index (χ3n) is 2.99. The molecule has 2 rings (SSSR count). The van der Waals surface area contributed by atoms with Gasteiger partial charge in [0, 0.05) is 0 Å². The number of nitrogens with zero attached hydrogens (tertiary/aromatic N) is 1. The number of benzene rings is 1. The maximum absolute atomic E-state index is 12.0. The summed E-state index contributed by atoms with van der Waals surface area (Å²) in [6, 6.07) is 6.79. The first kappa shape index (κ1) is 12.6. The normalized spacial score (nSPS) is 18.1. The summed E-state index contributed by atoms with van der Waals surface area (Å²) >= 11 is 0. The Morgan fingerprint density at radius 1 is 1.17 bits per heavy atom. The predicted octanol–water partition coefficient (Wildman–Crippen LogP) is 1.01. The van der Waals surface area contributed by atoms with Crippen LogP contribution in [0.5, 0.6) is 0 Å². The molecule has 0 atom stereocenters. The Bertz CT molecular complexity index is 480. The Morgan fingerprint density at radius 2 is 1.72 bits per heavy atom. The molecule has 0 unspecified atom stereocenters. The molecule has 0 aromatic heterocycles. The van der Waals surface area contributed by atoms with Gasteiger partial charge in [-0.3, -0.25) is 9.69 Å². The lowest BCUT2D eigenvalue weighted by Gasteiger charge is -2.16. The molecule has 0 radical (unpaired) electrons. The zero-order chi connectivity index (χ0) is 13.3. The molecule has 1 aromatic carbocycles. The van der Waals surface area contributed by atoms with Crippen molar-refractivity contribution in [3.63, 3.8) is 0 Å². The summed E-state index contributed by atoms with van der Waals surface area (Å²) in [7, 11) is 0. The summed E-state index contributed by atoms with van der Waals surface area (Å²) < 4.78 is 0. The van der Waals surface area contributed by atoms with Crippen LogP contribution in [-0.4, -0.2) is 27.5 Å². The summed E-state index contributed by atoms with van der Waals surface area (Å²) in [5, 5.41) is 11.6. The van der Waals surface area contributed by atoms with Gasteiger partial charge in [0.15, 0.2) is 0 Å². The first-order valence-electron chi connectivity index (χ1n) is 5.77. The van der Waals surface area contributed by atoms with Crippen LogP contribution >= 0.6 is 0 Å². The van der Waals surface area contributed by atoms with Gasteiger partial charge in [-0.1, -0.05) is 24.3 Å². The number of aliphatic hydroxyl groups excluding tert-OH is 1. The molecule has 5 heteroatoms. The summed E-state index contributed by atoms with van der Waals surface area (Å²) in [5.41, 5.74) is 0.826. The van der Waals surface area contributed by atoms with Crippen LogP contribution in [0.15, 0.2) is 24.3 Å². The molecule has 2 N–H and O–H groups in total. The topological polar surface area (TPSA) is 69.6 Å². The second kappa shape index (κ2) is 4.42. The molecule has 5 nitrogen and oxygen atoms in total. The minimum absolute atomic E-state index is 0.0174. The number of hydrogen-bond acceptors (Lipinski definition) is 3. The second-order valence-corrected chi connectivity index (χ2v) is 4.92. The lowest BCUT2D eigenvalue weighted by atomic mass is 10.1. The number of aliphatic hydroxyl groups is 1. The number of hydrogen-bond donors (Lipinski definition) is 2. The predicted molar refractivity (Wildman–Crippen MR) is 65.5 cm³/mol. The van der Waals surface area contributed by atoms with Crippen LogP contribution in [0.25, 0.3) is 0 Å². The number of carbonyl (C=O) groups is 2. The highest BCUT2D eigenvalue weighted by Crippen LogP contribution is 2.19. The Hall–Kier alpha value is -1.88. The van der Waals surface area contributed by atoms with Crippen LogP contribution in [0.1, 0.15) is 25.0 Å². The molecule has 0 bridgehead atoms. The Morgan fingerprint density at radius 3 is 2.17 bits per heavy atom. The average molecular weight is 248 g/mol. The van der Waals surface area contributed by atoms with Crippen molar-refractivity contribution >= 4 is 11.9 Å². The molecule has 0 spiro atoms. The van der Waals surface area contributed by atoms with E-state index in [4.69, 9.17) is 5.11 Å². The molecule has 18 heavy (non-hydrogen) atoms. The van der Waals surface area contributed by atoms with Crippen molar-refractivity contribution in [2.24, 2.45) is 0 Å². The molecular formula is C13H16N2O3.